The molecule has 4 nitrogen and oxygen atoms in total. The average Bonchev–Trinajstić information content (AvgIpc) is 2.32. The number of rotatable bonds is 2. The SMILES string of the molecule is COc1c(-c2ccc(F)c(C)c2)nc[nH]c1=O. The fourth-order valence-electron chi connectivity index (χ4n) is 1.57. The van der Waals surface area contributed by atoms with Gasteiger partial charge in [0.25, 0.3) is 5.56 Å². The molecule has 1 aromatic heterocycles. The highest BCUT2D eigenvalue weighted by Crippen LogP contribution is 2.25. The molecule has 0 bridgehead atoms. The molecule has 0 aliphatic carbocycles. The van der Waals surface area contributed by atoms with Crippen LogP contribution < -0.4 is 10.3 Å². The highest BCUT2D eigenvalue weighted by atomic mass is 19.1. The van der Waals surface area contributed by atoms with Crippen molar-refractivity contribution in [1.82, 2.24) is 9.97 Å². The Morgan fingerprint density at radius 3 is 2.82 bits per heavy atom. The summed E-state index contributed by atoms with van der Waals surface area (Å²) in [5.41, 5.74) is 1.18. The van der Waals surface area contributed by atoms with Crippen LogP contribution in [-0.2, 0) is 0 Å². The fourth-order valence-corrected chi connectivity index (χ4v) is 1.57. The second-order valence-corrected chi connectivity index (χ2v) is 3.58. The van der Waals surface area contributed by atoms with Crippen molar-refractivity contribution in [3.63, 3.8) is 0 Å². The number of ether oxygens (including phenoxy) is 1. The van der Waals surface area contributed by atoms with Crippen molar-refractivity contribution in [3.8, 4) is 17.0 Å². The lowest BCUT2D eigenvalue weighted by atomic mass is 10.1. The monoisotopic (exact) mass is 234 g/mol. The lowest BCUT2D eigenvalue weighted by Crippen LogP contribution is -2.11. The molecule has 0 aliphatic rings. The molecule has 0 unspecified atom stereocenters. The molecular weight excluding hydrogens is 223 g/mol. The molecule has 1 aromatic carbocycles. The maximum atomic E-state index is 13.2. The lowest BCUT2D eigenvalue weighted by molar-refractivity contribution is 0.408. The third-order valence-corrected chi connectivity index (χ3v) is 2.45. The van der Waals surface area contributed by atoms with Gasteiger partial charge in [-0.1, -0.05) is 0 Å². The van der Waals surface area contributed by atoms with Crippen molar-refractivity contribution < 1.29 is 9.13 Å². The predicted molar refractivity (Wildman–Crippen MR) is 61.5 cm³/mol. The summed E-state index contributed by atoms with van der Waals surface area (Å²) >= 11 is 0. The van der Waals surface area contributed by atoms with Gasteiger partial charge in [-0.15, -0.1) is 0 Å². The number of aryl methyl sites for hydroxylation is 1. The molecule has 88 valence electrons. The first kappa shape index (κ1) is 11.3. The molecule has 0 saturated heterocycles. The van der Waals surface area contributed by atoms with E-state index in [1.165, 1.54) is 19.5 Å². The Hall–Kier alpha value is -2.17. The standard InChI is InChI=1S/C12H11FN2O2/c1-7-5-8(3-4-9(7)13)10-11(17-2)12(16)15-6-14-10/h3-6H,1-2H3,(H,14,15,16). The van der Waals surface area contributed by atoms with Crippen molar-refractivity contribution in [1.29, 1.82) is 0 Å². The van der Waals surface area contributed by atoms with E-state index in [2.05, 4.69) is 9.97 Å². The van der Waals surface area contributed by atoms with E-state index in [4.69, 9.17) is 4.74 Å². The predicted octanol–water partition coefficient (Wildman–Crippen LogP) is 1.89. The molecule has 0 amide bonds. The zero-order valence-electron chi connectivity index (χ0n) is 9.45. The van der Waals surface area contributed by atoms with Gasteiger partial charge in [-0.05, 0) is 30.7 Å². The number of methoxy groups -OCH3 is 1. The Morgan fingerprint density at radius 1 is 1.41 bits per heavy atom. The third kappa shape index (κ3) is 2.04. The Balaban J connectivity index is 2.64. The van der Waals surface area contributed by atoms with Crippen LogP contribution in [0.25, 0.3) is 11.3 Å². The maximum Gasteiger partial charge on any atom is 0.293 e. The topological polar surface area (TPSA) is 55.0 Å². The number of hydrogen-bond acceptors (Lipinski definition) is 3. The van der Waals surface area contributed by atoms with Gasteiger partial charge in [-0.3, -0.25) is 4.79 Å². The van der Waals surface area contributed by atoms with Crippen LogP contribution in [-0.4, -0.2) is 17.1 Å². The number of H-pyrrole nitrogens is 1. The summed E-state index contributed by atoms with van der Waals surface area (Å²) in [6.45, 7) is 1.65. The number of nitrogens with zero attached hydrogens (tertiary/aromatic N) is 1. The molecular formula is C12H11FN2O2. The van der Waals surface area contributed by atoms with Gasteiger partial charge in [-0.2, -0.15) is 0 Å². The fraction of sp³-hybridized carbons (Fsp3) is 0.167. The molecule has 0 spiro atoms. The summed E-state index contributed by atoms with van der Waals surface area (Å²) in [5.74, 6) is -0.170. The van der Waals surface area contributed by atoms with Crippen molar-refractivity contribution in [2.24, 2.45) is 0 Å². The summed E-state index contributed by atoms with van der Waals surface area (Å²) in [4.78, 5) is 18.0. The van der Waals surface area contributed by atoms with Crippen molar-refractivity contribution in [2.75, 3.05) is 7.11 Å². The van der Waals surface area contributed by atoms with E-state index in [0.29, 0.717) is 16.8 Å². The number of aromatic amines is 1. The summed E-state index contributed by atoms with van der Waals surface area (Å²) in [7, 11) is 1.39. The van der Waals surface area contributed by atoms with Gasteiger partial charge in [0.2, 0.25) is 5.75 Å². The van der Waals surface area contributed by atoms with Crippen LogP contribution in [0.15, 0.2) is 29.3 Å². The van der Waals surface area contributed by atoms with Gasteiger partial charge in [-0.25, -0.2) is 9.37 Å². The Morgan fingerprint density at radius 2 is 2.18 bits per heavy atom. The van der Waals surface area contributed by atoms with E-state index in [-0.39, 0.29) is 17.1 Å². The molecule has 0 aliphatic heterocycles. The number of nitrogens with one attached hydrogen (secondary N) is 1. The molecule has 1 heterocycles. The summed E-state index contributed by atoms with van der Waals surface area (Å²) in [6.07, 6.45) is 1.29. The van der Waals surface area contributed by atoms with E-state index in [1.807, 2.05) is 0 Å². The first-order valence-corrected chi connectivity index (χ1v) is 5.01. The molecule has 1 N–H and O–H groups in total. The summed E-state index contributed by atoms with van der Waals surface area (Å²) < 4.78 is 18.2. The van der Waals surface area contributed by atoms with E-state index in [0.717, 1.165) is 0 Å². The highest BCUT2D eigenvalue weighted by Gasteiger charge is 2.12. The van der Waals surface area contributed by atoms with Crippen molar-refractivity contribution in [3.05, 3.63) is 46.3 Å². The van der Waals surface area contributed by atoms with Gasteiger partial charge in [0.1, 0.15) is 11.5 Å². The molecule has 2 rings (SSSR count). The zero-order valence-corrected chi connectivity index (χ0v) is 9.45. The normalized spacial score (nSPS) is 10.3. The maximum absolute atomic E-state index is 13.2. The molecule has 17 heavy (non-hydrogen) atoms. The van der Waals surface area contributed by atoms with Crippen LogP contribution in [0.4, 0.5) is 4.39 Å². The Labute approximate surface area is 97.1 Å². The van der Waals surface area contributed by atoms with Crippen LogP contribution in [0.2, 0.25) is 0 Å². The van der Waals surface area contributed by atoms with Gasteiger partial charge >= 0.3 is 0 Å². The lowest BCUT2D eigenvalue weighted by Gasteiger charge is -2.07. The number of benzene rings is 1. The van der Waals surface area contributed by atoms with Gasteiger partial charge < -0.3 is 9.72 Å². The zero-order chi connectivity index (χ0) is 12.4. The van der Waals surface area contributed by atoms with Crippen LogP contribution in [0.1, 0.15) is 5.56 Å². The van der Waals surface area contributed by atoms with E-state index in [9.17, 15) is 9.18 Å². The van der Waals surface area contributed by atoms with Crippen LogP contribution >= 0.6 is 0 Å². The molecule has 2 aromatic rings. The summed E-state index contributed by atoms with van der Waals surface area (Å²) in [5, 5.41) is 0. The number of aromatic nitrogens is 2. The molecule has 0 atom stereocenters. The second-order valence-electron chi connectivity index (χ2n) is 3.58. The van der Waals surface area contributed by atoms with Crippen LogP contribution in [0.5, 0.6) is 5.75 Å². The molecule has 0 fully saturated rings. The number of hydrogen-bond donors (Lipinski definition) is 1. The van der Waals surface area contributed by atoms with Crippen molar-refractivity contribution in [2.45, 2.75) is 6.92 Å². The van der Waals surface area contributed by atoms with E-state index >= 15 is 0 Å². The first-order chi connectivity index (χ1) is 8.13. The van der Waals surface area contributed by atoms with Gasteiger partial charge in [0.15, 0.2) is 0 Å². The largest absolute Gasteiger partial charge is 0.490 e. The molecule has 5 heteroatoms. The third-order valence-electron chi connectivity index (χ3n) is 2.45. The number of halogens is 1. The minimum Gasteiger partial charge on any atom is -0.490 e. The van der Waals surface area contributed by atoms with E-state index in [1.54, 1.807) is 19.1 Å². The Bertz CT molecular complexity index is 608. The molecule has 0 radical (unpaired) electrons. The highest BCUT2D eigenvalue weighted by molar-refractivity contribution is 5.66. The van der Waals surface area contributed by atoms with Gasteiger partial charge in [0, 0.05) is 5.56 Å². The average molecular weight is 234 g/mol. The minimum absolute atomic E-state index is 0.124. The first-order valence-electron chi connectivity index (χ1n) is 5.01. The van der Waals surface area contributed by atoms with Crippen molar-refractivity contribution >= 4 is 0 Å². The quantitative estimate of drug-likeness (QED) is 0.863. The summed E-state index contributed by atoms with van der Waals surface area (Å²) in [6, 6.07) is 4.53. The van der Waals surface area contributed by atoms with Crippen LogP contribution in [0, 0.1) is 12.7 Å². The smallest absolute Gasteiger partial charge is 0.293 e. The van der Waals surface area contributed by atoms with E-state index < -0.39 is 0 Å². The van der Waals surface area contributed by atoms with Gasteiger partial charge in [0.05, 0.1) is 13.4 Å². The molecule has 0 saturated carbocycles. The minimum atomic E-state index is -0.362. The second kappa shape index (κ2) is 4.37. The Kier molecular flexibility index (Phi) is 2.91. The van der Waals surface area contributed by atoms with Crippen LogP contribution in [0.3, 0.4) is 0 Å².